The van der Waals surface area contributed by atoms with Crippen LogP contribution in [0, 0.1) is 0 Å². The molecule has 17 heavy (non-hydrogen) atoms. The Kier molecular flexibility index (Phi) is 4.76. The first kappa shape index (κ1) is 13.8. The van der Waals surface area contributed by atoms with Crippen molar-refractivity contribution in [2.24, 2.45) is 0 Å². The predicted molar refractivity (Wildman–Crippen MR) is 70.9 cm³/mol. The zero-order valence-corrected chi connectivity index (χ0v) is 11.1. The first-order valence-electron chi connectivity index (χ1n) is 5.47. The molecule has 0 aliphatic heterocycles. The Morgan fingerprint density at radius 2 is 1.88 bits per heavy atom. The molecule has 0 atom stereocenters. The Labute approximate surface area is 107 Å². The Morgan fingerprint density at radius 3 is 2.35 bits per heavy atom. The number of benzene rings is 1. The number of rotatable bonds is 3. The molecule has 3 heteroatoms. The Morgan fingerprint density at radius 1 is 1.29 bits per heavy atom. The van der Waals surface area contributed by atoms with Gasteiger partial charge in [-0.2, -0.15) is 0 Å². The number of esters is 1. The lowest BCUT2D eigenvalue weighted by Crippen LogP contribution is -2.22. The van der Waals surface area contributed by atoms with Gasteiger partial charge < -0.3 is 4.74 Å². The monoisotopic (exact) mass is 252 g/mol. The van der Waals surface area contributed by atoms with E-state index in [4.69, 9.17) is 16.3 Å². The molecule has 1 aromatic rings. The molecule has 0 saturated carbocycles. The van der Waals surface area contributed by atoms with Crippen molar-refractivity contribution < 1.29 is 9.53 Å². The average Bonchev–Trinajstić information content (AvgIpc) is 2.25. The third kappa shape index (κ3) is 5.55. The summed E-state index contributed by atoms with van der Waals surface area (Å²) in [4.78, 5) is 11.4. The van der Waals surface area contributed by atoms with Gasteiger partial charge in [0.05, 0.1) is 0 Å². The Bertz CT molecular complexity index is 399. The SMILES string of the molecule is CC(C)(C)OC(=O)/C=C/c1ccc(CCl)cc1. The van der Waals surface area contributed by atoms with Crippen LogP contribution in [0.25, 0.3) is 6.08 Å². The van der Waals surface area contributed by atoms with Crippen LogP contribution in [0.15, 0.2) is 30.3 Å². The number of ether oxygens (including phenoxy) is 1. The summed E-state index contributed by atoms with van der Waals surface area (Å²) in [6.07, 6.45) is 3.16. The average molecular weight is 253 g/mol. The zero-order valence-electron chi connectivity index (χ0n) is 10.4. The molecule has 0 unspecified atom stereocenters. The number of carbonyl (C=O) groups is 1. The number of hydrogen-bond acceptors (Lipinski definition) is 2. The number of alkyl halides is 1. The van der Waals surface area contributed by atoms with Crippen molar-refractivity contribution in [3.05, 3.63) is 41.5 Å². The summed E-state index contributed by atoms with van der Waals surface area (Å²) in [5, 5.41) is 0. The largest absolute Gasteiger partial charge is 0.457 e. The van der Waals surface area contributed by atoms with E-state index in [-0.39, 0.29) is 5.97 Å². The minimum atomic E-state index is -0.454. The highest BCUT2D eigenvalue weighted by molar-refractivity contribution is 6.17. The van der Waals surface area contributed by atoms with Crippen LogP contribution in [0.3, 0.4) is 0 Å². The van der Waals surface area contributed by atoms with Crippen molar-refractivity contribution in [2.45, 2.75) is 32.3 Å². The van der Waals surface area contributed by atoms with Crippen LogP contribution >= 0.6 is 11.6 Å². The van der Waals surface area contributed by atoms with Crippen LogP contribution in [0.4, 0.5) is 0 Å². The van der Waals surface area contributed by atoms with E-state index in [1.165, 1.54) is 6.08 Å². The topological polar surface area (TPSA) is 26.3 Å². The van der Waals surface area contributed by atoms with Gasteiger partial charge in [0, 0.05) is 12.0 Å². The van der Waals surface area contributed by atoms with Crippen molar-refractivity contribution in [2.75, 3.05) is 0 Å². The molecule has 0 bridgehead atoms. The first-order chi connectivity index (χ1) is 7.90. The lowest BCUT2D eigenvalue weighted by Gasteiger charge is -2.17. The molecule has 0 aliphatic carbocycles. The first-order valence-corrected chi connectivity index (χ1v) is 6.00. The summed E-state index contributed by atoms with van der Waals surface area (Å²) in [5.41, 5.74) is 1.55. The second-order valence-electron chi connectivity index (χ2n) is 4.74. The van der Waals surface area contributed by atoms with Gasteiger partial charge in [-0.15, -0.1) is 11.6 Å². The van der Waals surface area contributed by atoms with Crippen LogP contribution in [-0.4, -0.2) is 11.6 Å². The standard InChI is InChI=1S/C14H17ClO2/c1-14(2,3)17-13(16)9-8-11-4-6-12(10-15)7-5-11/h4-9H,10H2,1-3H3/b9-8+. The lowest BCUT2D eigenvalue weighted by molar-refractivity contribution is -0.148. The maximum absolute atomic E-state index is 11.4. The summed E-state index contributed by atoms with van der Waals surface area (Å²) in [6.45, 7) is 5.52. The summed E-state index contributed by atoms with van der Waals surface area (Å²) in [6, 6.07) is 7.70. The summed E-state index contributed by atoms with van der Waals surface area (Å²) in [5.74, 6) is 0.162. The molecule has 0 heterocycles. The summed E-state index contributed by atoms with van der Waals surface area (Å²) < 4.78 is 5.16. The van der Waals surface area contributed by atoms with E-state index >= 15 is 0 Å². The molecule has 0 aromatic heterocycles. The minimum Gasteiger partial charge on any atom is -0.457 e. The van der Waals surface area contributed by atoms with Gasteiger partial charge in [0.2, 0.25) is 0 Å². The molecular weight excluding hydrogens is 236 g/mol. The molecule has 2 nitrogen and oxygen atoms in total. The second kappa shape index (κ2) is 5.87. The van der Waals surface area contributed by atoms with E-state index in [1.807, 2.05) is 45.0 Å². The third-order valence-corrected chi connectivity index (χ3v) is 2.26. The zero-order chi connectivity index (χ0) is 12.9. The quantitative estimate of drug-likeness (QED) is 0.465. The van der Waals surface area contributed by atoms with Gasteiger partial charge in [0.15, 0.2) is 0 Å². The molecule has 0 radical (unpaired) electrons. The van der Waals surface area contributed by atoms with Crippen molar-refractivity contribution in [3.63, 3.8) is 0 Å². The van der Waals surface area contributed by atoms with Crippen LogP contribution in [0.1, 0.15) is 31.9 Å². The molecule has 0 N–H and O–H groups in total. The van der Waals surface area contributed by atoms with Gasteiger partial charge in [-0.05, 0) is 38.0 Å². The summed E-state index contributed by atoms with van der Waals surface area (Å²) >= 11 is 5.69. The fourth-order valence-electron chi connectivity index (χ4n) is 1.22. The maximum atomic E-state index is 11.4. The maximum Gasteiger partial charge on any atom is 0.331 e. The highest BCUT2D eigenvalue weighted by Gasteiger charge is 2.13. The minimum absolute atomic E-state index is 0.334. The lowest BCUT2D eigenvalue weighted by atomic mass is 10.1. The summed E-state index contributed by atoms with van der Waals surface area (Å²) in [7, 11) is 0. The molecule has 1 rings (SSSR count). The van der Waals surface area contributed by atoms with E-state index in [0.717, 1.165) is 11.1 Å². The highest BCUT2D eigenvalue weighted by Crippen LogP contribution is 2.10. The molecule has 0 aliphatic rings. The van der Waals surface area contributed by atoms with E-state index in [1.54, 1.807) is 6.08 Å². The van der Waals surface area contributed by atoms with Crippen molar-refractivity contribution in [3.8, 4) is 0 Å². The van der Waals surface area contributed by atoms with E-state index in [9.17, 15) is 4.79 Å². The van der Waals surface area contributed by atoms with Gasteiger partial charge in [0.25, 0.3) is 0 Å². The van der Waals surface area contributed by atoms with E-state index in [0.29, 0.717) is 5.88 Å². The Hall–Kier alpha value is -1.28. The smallest absolute Gasteiger partial charge is 0.331 e. The number of carbonyl (C=O) groups excluding carboxylic acids is 1. The molecular formula is C14H17ClO2. The van der Waals surface area contributed by atoms with Crippen molar-refractivity contribution in [1.82, 2.24) is 0 Å². The molecule has 0 spiro atoms. The molecule has 0 fully saturated rings. The Balaban J connectivity index is 2.61. The highest BCUT2D eigenvalue weighted by atomic mass is 35.5. The number of halogens is 1. The normalized spacial score (nSPS) is 11.8. The fraction of sp³-hybridized carbons (Fsp3) is 0.357. The van der Waals surface area contributed by atoms with Crippen LogP contribution < -0.4 is 0 Å². The van der Waals surface area contributed by atoms with Gasteiger partial charge in [0.1, 0.15) is 5.60 Å². The molecule has 0 saturated heterocycles. The van der Waals surface area contributed by atoms with E-state index in [2.05, 4.69) is 0 Å². The van der Waals surface area contributed by atoms with Gasteiger partial charge in [-0.25, -0.2) is 4.79 Å². The van der Waals surface area contributed by atoms with Gasteiger partial charge >= 0.3 is 5.97 Å². The predicted octanol–water partition coefficient (Wildman–Crippen LogP) is 3.78. The van der Waals surface area contributed by atoms with Crippen LogP contribution in [-0.2, 0) is 15.4 Å². The second-order valence-corrected chi connectivity index (χ2v) is 5.01. The van der Waals surface area contributed by atoms with E-state index < -0.39 is 5.60 Å². The van der Waals surface area contributed by atoms with Crippen LogP contribution in [0.2, 0.25) is 0 Å². The number of hydrogen-bond donors (Lipinski definition) is 0. The van der Waals surface area contributed by atoms with Gasteiger partial charge in [-0.1, -0.05) is 24.3 Å². The third-order valence-electron chi connectivity index (χ3n) is 1.95. The molecule has 1 aromatic carbocycles. The van der Waals surface area contributed by atoms with Crippen molar-refractivity contribution in [1.29, 1.82) is 0 Å². The fourth-order valence-corrected chi connectivity index (χ4v) is 1.40. The van der Waals surface area contributed by atoms with Crippen molar-refractivity contribution >= 4 is 23.6 Å². The molecule has 0 amide bonds. The van der Waals surface area contributed by atoms with Gasteiger partial charge in [-0.3, -0.25) is 0 Å². The molecule has 92 valence electrons. The van der Waals surface area contributed by atoms with Crippen LogP contribution in [0.5, 0.6) is 0 Å².